The molecule has 2 aliphatic rings. The Morgan fingerprint density at radius 2 is 1.97 bits per heavy atom. The van der Waals surface area contributed by atoms with Crippen molar-refractivity contribution in [2.75, 3.05) is 19.1 Å². The van der Waals surface area contributed by atoms with E-state index >= 15 is 0 Å². The third-order valence-electron chi connectivity index (χ3n) is 7.86. The first-order chi connectivity index (χ1) is 17.3. The topological polar surface area (TPSA) is 76.8 Å². The van der Waals surface area contributed by atoms with Crippen LogP contribution in [-0.2, 0) is 11.2 Å². The molecule has 4 atom stereocenters. The van der Waals surface area contributed by atoms with Crippen LogP contribution in [0, 0.1) is 11.7 Å². The number of carbonyl (C=O) groups excluding carboxylic acids is 1. The van der Waals surface area contributed by atoms with Gasteiger partial charge >= 0.3 is 6.09 Å². The van der Waals surface area contributed by atoms with Crippen molar-refractivity contribution in [3.05, 3.63) is 53.1 Å². The van der Waals surface area contributed by atoms with Crippen LogP contribution in [0.2, 0.25) is 0 Å². The van der Waals surface area contributed by atoms with Crippen molar-refractivity contribution in [2.24, 2.45) is 5.92 Å². The van der Waals surface area contributed by atoms with E-state index in [0.717, 1.165) is 54.4 Å². The Labute approximate surface area is 210 Å². The van der Waals surface area contributed by atoms with Gasteiger partial charge in [-0.25, -0.2) is 14.2 Å². The van der Waals surface area contributed by atoms with Gasteiger partial charge in [-0.05, 0) is 68.9 Å². The summed E-state index contributed by atoms with van der Waals surface area (Å²) < 4.78 is 26.9. The summed E-state index contributed by atoms with van der Waals surface area (Å²) in [5, 5.41) is 11.6. The first-order valence-electron chi connectivity index (χ1n) is 12.8. The van der Waals surface area contributed by atoms with Crippen LogP contribution >= 0.6 is 0 Å². The number of aliphatic hydroxyl groups is 1. The lowest BCUT2D eigenvalue weighted by molar-refractivity contribution is 0.175. The van der Waals surface area contributed by atoms with Gasteiger partial charge in [0.2, 0.25) is 0 Å². The van der Waals surface area contributed by atoms with Gasteiger partial charge in [-0.1, -0.05) is 19.8 Å². The highest BCUT2D eigenvalue weighted by Crippen LogP contribution is 2.42. The number of hydrogen-bond donors (Lipinski definition) is 1. The smallest absolute Gasteiger partial charge is 0.414 e. The minimum absolute atomic E-state index is 0.00490. The van der Waals surface area contributed by atoms with Gasteiger partial charge in [0.05, 0.1) is 30.9 Å². The summed E-state index contributed by atoms with van der Waals surface area (Å²) in [5.41, 5.74) is 3.81. The number of aliphatic hydroxyl groups excluding tert-OH is 1. The van der Waals surface area contributed by atoms with Gasteiger partial charge in [-0.2, -0.15) is 0 Å². The van der Waals surface area contributed by atoms with Crippen LogP contribution in [0.1, 0.15) is 75.0 Å². The maximum atomic E-state index is 14.2. The van der Waals surface area contributed by atoms with Gasteiger partial charge in [0.25, 0.3) is 0 Å². The van der Waals surface area contributed by atoms with Crippen molar-refractivity contribution >= 4 is 22.8 Å². The number of rotatable bonds is 4. The standard InChI is InChI=1S/C28H34FN3O4/c1-16-6-5-7-19(14-16)32-23-12-11-22-20(10-8-17(2)31(22)28(34)36-4)25(23)30-27(32)26(33)21-15-18(29)9-13-24(21)35-3/h9,11-13,15-17,19,26,33H,5-8,10,14H2,1-4H3. The highest BCUT2D eigenvalue weighted by molar-refractivity contribution is 5.95. The van der Waals surface area contributed by atoms with Crippen LogP contribution in [-0.4, -0.2) is 41.0 Å². The second-order valence-electron chi connectivity index (χ2n) is 10.2. The number of aryl methyl sites for hydroxylation is 1. The van der Waals surface area contributed by atoms with E-state index in [9.17, 15) is 14.3 Å². The van der Waals surface area contributed by atoms with Crippen molar-refractivity contribution in [2.45, 2.75) is 70.6 Å². The number of ether oxygens (including phenoxy) is 2. The lowest BCUT2D eigenvalue weighted by Gasteiger charge is -2.34. The van der Waals surface area contributed by atoms with Gasteiger partial charge in [0, 0.05) is 23.2 Å². The molecule has 1 aliphatic heterocycles. The van der Waals surface area contributed by atoms with Gasteiger partial charge in [0.15, 0.2) is 0 Å². The average Bonchev–Trinajstić information content (AvgIpc) is 3.27. The molecule has 0 spiro atoms. The molecule has 192 valence electrons. The Hall–Kier alpha value is -3.13. The summed E-state index contributed by atoms with van der Waals surface area (Å²) >= 11 is 0. The van der Waals surface area contributed by atoms with Gasteiger partial charge in [0.1, 0.15) is 23.5 Å². The molecule has 1 fully saturated rings. The van der Waals surface area contributed by atoms with Crippen LogP contribution in [0.5, 0.6) is 5.75 Å². The SMILES string of the molecule is COC(=O)N1c2ccc3c(nc(C(O)c4cc(F)ccc4OC)n3C3CCCC(C)C3)c2CCC1C. The fourth-order valence-electron chi connectivity index (χ4n) is 6.06. The molecule has 2 aromatic carbocycles. The lowest BCUT2D eigenvalue weighted by atomic mass is 9.86. The van der Waals surface area contributed by atoms with E-state index in [2.05, 4.69) is 11.5 Å². The molecule has 5 rings (SSSR count). The third-order valence-corrected chi connectivity index (χ3v) is 7.86. The molecule has 1 aliphatic carbocycles. The van der Waals surface area contributed by atoms with Crippen LogP contribution in [0.3, 0.4) is 0 Å². The van der Waals surface area contributed by atoms with Crippen LogP contribution in [0.15, 0.2) is 30.3 Å². The number of imidazole rings is 1. The Balaban J connectivity index is 1.72. The number of halogens is 1. The van der Waals surface area contributed by atoms with Gasteiger partial charge in [-0.15, -0.1) is 0 Å². The Morgan fingerprint density at radius 1 is 1.17 bits per heavy atom. The number of hydrogen-bond acceptors (Lipinski definition) is 5. The minimum atomic E-state index is -1.17. The Morgan fingerprint density at radius 3 is 2.69 bits per heavy atom. The summed E-state index contributed by atoms with van der Waals surface area (Å²) in [6.07, 6.45) is 4.22. The first kappa shape index (κ1) is 24.6. The molecule has 1 N–H and O–H groups in total. The summed E-state index contributed by atoms with van der Waals surface area (Å²) in [6, 6.07) is 8.29. The number of methoxy groups -OCH3 is 2. The zero-order chi connectivity index (χ0) is 25.6. The van der Waals surface area contributed by atoms with E-state index < -0.39 is 18.0 Å². The fourth-order valence-corrected chi connectivity index (χ4v) is 6.06. The van der Waals surface area contributed by atoms with E-state index in [4.69, 9.17) is 14.5 Å². The number of anilines is 1. The average molecular weight is 496 g/mol. The zero-order valence-electron chi connectivity index (χ0n) is 21.3. The quantitative estimate of drug-likeness (QED) is 0.486. The molecule has 0 saturated heterocycles. The molecular formula is C28H34FN3O4. The maximum absolute atomic E-state index is 14.2. The number of nitrogens with zero attached hydrogens (tertiary/aromatic N) is 3. The molecule has 3 aromatic rings. The minimum Gasteiger partial charge on any atom is -0.496 e. The maximum Gasteiger partial charge on any atom is 0.414 e. The van der Waals surface area contributed by atoms with E-state index in [1.165, 1.54) is 38.8 Å². The number of benzene rings is 2. The second kappa shape index (κ2) is 9.73. The van der Waals surface area contributed by atoms with Crippen LogP contribution in [0.4, 0.5) is 14.9 Å². The molecule has 7 nitrogen and oxygen atoms in total. The predicted molar refractivity (Wildman–Crippen MR) is 136 cm³/mol. The van der Waals surface area contributed by atoms with Crippen molar-refractivity contribution in [3.8, 4) is 5.75 Å². The largest absolute Gasteiger partial charge is 0.496 e. The normalized spacial score (nSPS) is 22.8. The van der Waals surface area contributed by atoms with Crippen LogP contribution in [0.25, 0.3) is 11.0 Å². The highest BCUT2D eigenvalue weighted by Gasteiger charge is 2.34. The first-order valence-corrected chi connectivity index (χ1v) is 12.8. The molecule has 0 radical (unpaired) electrons. The number of aromatic nitrogens is 2. The molecule has 0 bridgehead atoms. The highest BCUT2D eigenvalue weighted by atomic mass is 19.1. The molecule has 1 saturated carbocycles. The summed E-state index contributed by atoms with van der Waals surface area (Å²) in [5.74, 6) is 0.999. The Kier molecular flexibility index (Phi) is 6.64. The molecular weight excluding hydrogens is 461 g/mol. The molecule has 36 heavy (non-hydrogen) atoms. The third kappa shape index (κ3) is 4.11. The number of amides is 1. The van der Waals surface area contributed by atoms with E-state index in [0.29, 0.717) is 23.1 Å². The molecule has 8 heteroatoms. The van der Waals surface area contributed by atoms with Crippen molar-refractivity contribution in [1.29, 1.82) is 0 Å². The van der Waals surface area contributed by atoms with Gasteiger partial charge in [-0.3, -0.25) is 4.90 Å². The molecule has 2 heterocycles. The fraction of sp³-hybridized carbons (Fsp3) is 0.500. The second-order valence-corrected chi connectivity index (χ2v) is 10.2. The van der Waals surface area contributed by atoms with Crippen molar-refractivity contribution in [3.63, 3.8) is 0 Å². The zero-order valence-corrected chi connectivity index (χ0v) is 21.3. The summed E-state index contributed by atoms with van der Waals surface area (Å²) in [7, 11) is 2.90. The van der Waals surface area contributed by atoms with E-state index in [1.54, 1.807) is 4.90 Å². The Bertz CT molecular complexity index is 1290. The summed E-state index contributed by atoms with van der Waals surface area (Å²) in [6.45, 7) is 4.27. The van der Waals surface area contributed by atoms with Gasteiger partial charge < -0.3 is 19.1 Å². The molecule has 1 aromatic heterocycles. The predicted octanol–water partition coefficient (Wildman–Crippen LogP) is 5.92. The van der Waals surface area contributed by atoms with Crippen LogP contribution < -0.4 is 9.64 Å². The monoisotopic (exact) mass is 495 g/mol. The van der Waals surface area contributed by atoms with Crippen molar-refractivity contribution < 1.29 is 23.8 Å². The number of carbonyl (C=O) groups is 1. The van der Waals surface area contributed by atoms with E-state index in [1.807, 2.05) is 19.1 Å². The van der Waals surface area contributed by atoms with E-state index in [-0.39, 0.29) is 12.1 Å². The molecule has 1 amide bonds. The lowest BCUT2D eigenvalue weighted by Crippen LogP contribution is -2.42. The number of fused-ring (bicyclic) bond motifs is 3. The summed E-state index contributed by atoms with van der Waals surface area (Å²) in [4.78, 5) is 19.3. The molecule has 4 unspecified atom stereocenters. The van der Waals surface area contributed by atoms with Crippen molar-refractivity contribution in [1.82, 2.24) is 9.55 Å².